The zero-order valence-electron chi connectivity index (χ0n) is 12.2. The number of halogens is 1. The van der Waals surface area contributed by atoms with Crippen molar-refractivity contribution in [3.63, 3.8) is 0 Å². The molecule has 0 aromatic heterocycles. The first-order valence-electron chi connectivity index (χ1n) is 7.00. The summed E-state index contributed by atoms with van der Waals surface area (Å²) in [6.45, 7) is 5.58. The van der Waals surface area contributed by atoms with Crippen molar-refractivity contribution in [1.82, 2.24) is 10.6 Å². The van der Waals surface area contributed by atoms with Gasteiger partial charge >= 0.3 is 0 Å². The van der Waals surface area contributed by atoms with Crippen molar-refractivity contribution in [2.24, 2.45) is 0 Å². The number of carbonyl (C=O) groups excluding carboxylic acids is 1. The Labute approximate surface area is 129 Å². The third-order valence-corrected chi connectivity index (χ3v) is 4.53. The molecule has 1 aliphatic heterocycles. The van der Waals surface area contributed by atoms with E-state index in [-0.39, 0.29) is 11.9 Å². The molecule has 1 heterocycles. The van der Waals surface area contributed by atoms with Crippen LogP contribution in [0, 0.1) is 0 Å². The van der Waals surface area contributed by atoms with Gasteiger partial charge in [0.25, 0.3) is 0 Å². The molecular formula is C15H22BrN3O. The smallest absolute Gasteiger partial charge is 0.217 e. The normalized spacial score (nSPS) is 20.0. The topological polar surface area (TPSA) is 44.4 Å². The first-order chi connectivity index (χ1) is 9.51. The lowest BCUT2D eigenvalue weighted by molar-refractivity contribution is -0.119. The van der Waals surface area contributed by atoms with E-state index in [1.165, 1.54) is 11.3 Å². The fourth-order valence-corrected chi connectivity index (χ4v) is 3.33. The number of nitrogens with one attached hydrogen (secondary N) is 2. The molecule has 1 fully saturated rings. The zero-order valence-corrected chi connectivity index (χ0v) is 13.8. The van der Waals surface area contributed by atoms with Gasteiger partial charge in [-0.15, -0.1) is 0 Å². The van der Waals surface area contributed by atoms with Crippen LogP contribution in [0.1, 0.15) is 31.9 Å². The predicted molar refractivity (Wildman–Crippen MR) is 86.1 cm³/mol. The van der Waals surface area contributed by atoms with Crippen molar-refractivity contribution in [1.29, 1.82) is 0 Å². The van der Waals surface area contributed by atoms with Crippen molar-refractivity contribution in [3.05, 3.63) is 28.2 Å². The molecule has 20 heavy (non-hydrogen) atoms. The molecule has 2 rings (SSSR count). The number of hydrogen-bond acceptors (Lipinski definition) is 3. The van der Waals surface area contributed by atoms with Crippen LogP contribution < -0.4 is 15.5 Å². The molecule has 0 radical (unpaired) electrons. The van der Waals surface area contributed by atoms with Crippen LogP contribution in [0.3, 0.4) is 0 Å². The molecule has 0 aliphatic carbocycles. The number of carbonyl (C=O) groups is 1. The summed E-state index contributed by atoms with van der Waals surface area (Å²) in [5, 5.41) is 6.24. The van der Waals surface area contributed by atoms with Gasteiger partial charge in [-0.2, -0.15) is 0 Å². The van der Waals surface area contributed by atoms with Crippen LogP contribution in [0.15, 0.2) is 22.7 Å². The van der Waals surface area contributed by atoms with Gasteiger partial charge in [0, 0.05) is 42.3 Å². The van der Waals surface area contributed by atoms with Gasteiger partial charge < -0.3 is 15.5 Å². The van der Waals surface area contributed by atoms with Gasteiger partial charge in [0.2, 0.25) is 5.91 Å². The Bertz CT molecular complexity index is 492. The Morgan fingerprint density at radius 2 is 2.25 bits per heavy atom. The van der Waals surface area contributed by atoms with E-state index in [2.05, 4.69) is 56.6 Å². The molecule has 110 valence electrons. The van der Waals surface area contributed by atoms with Gasteiger partial charge in [0.15, 0.2) is 0 Å². The third kappa shape index (κ3) is 3.52. The van der Waals surface area contributed by atoms with Crippen LogP contribution in [0.2, 0.25) is 0 Å². The van der Waals surface area contributed by atoms with Crippen LogP contribution in [0.25, 0.3) is 0 Å². The lowest BCUT2D eigenvalue weighted by Gasteiger charge is -2.21. The molecule has 5 heteroatoms. The highest BCUT2D eigenvalue weighted by Gasteiger charge is 2.23. The summed E-state index contributed by atoms with van der Waals surface area (Å²) < 4.78 is 1.12. The molecule has 0 bridgehead atoms. The van der Waals surface area contributed by atoms with Crippen LogP contribution in [-0.2, 0) is 4.79 Å². The van der Waals surface area contributed by atoms with Crippen LogP contribution in [-0.4, -0.2) is 32.1 Å². The molecule has 2 atom stereocenters. The van der Waals surface area contributed by atoms with Gasteiger partial charge in [-0.05, 0) is 38.1 Å². The molecule has 1 amide bonds. The first-order valence-corrected chi connectivity index (χ1v) is 7.79. The fraction of sp³-hybridized carbons (Fsp3) is 0.533. The summed E-state index contributed by atoms with van der Waals surface area (Å²) >= 11 is 3.65. The Kier molecular flexibility index (Phi) is 5.05. The monoisotopic (exact) mass is 339 g/mol. The van der Waals surface area contributed by atoms with E-state index >= 15 is 0 Å². The van der Waals surface area contributed by atoms with Crippen molar-refractivity contribution in [2.75, 3.05) is 25.0 Å². The van der Waals surface area contributed by atoms with E-state index in [1.54, 1.807) is 6.92 Å². The highest BCUT2D eigenvalue weighted by molar-refractivity contribution is 9.10. The minimum absolute atomic E-state index is 0.0521. The molecule has 1 saturated heterocycles. The Morgan fingerprint density at radius 3 is 2.85 bits per heavy atom. The number of nitrogens with zero attached hydrogens (tertiary/aromatic N) is 1. The number of benzene rings is 1. The SMILES string of the molecule is CNC(C)c1ccc(N2CCC(NC(C)=O)C2)cc1Br. The van der Waals surface area contributed by atoms with Crippen LogP contribution >= 0.6 is 15.9 Å². The lowest BCUT2D eigenvalue weighted by atomic mass is 10.1. The first kappa shape index (κ1) is 15.3. The number of amides is 1. The van der Waals surface area contributed by atoms with Crippen molar-refractivity contribution in [2.45, 2.75) is 32.4 Å². The summed E-state index contributed by atoms with van der Waals surface area (Å²) in [4.78, 5) is 13.4. The maximum Gasteiger partial charge on any atom is 0.217 e. The Balaban J connectivity index is 2.07. The second-order valence-corrected chi connectivity index (χ2v) is 6.20. The van der Waals surface area contributed by atoms with Crippen molar-refractivity contribution >= 4 is 27.5 Å². The molecule has 0 spiro atoms. The van der Waals surface area contributed by atoms with Crippen molar-refractivity contribution < 1.29 is 4.79 Å². The Morgan fingerprint density at radius 1 is 1.50 bits per heavy atom. The lowest BCUT2D eigenvalue weighted by Crippen LogP contribution is -2.35. The van der Waals surface area contributed by atoms with E-state index in [0.29, 0.717) is 6.04 Å². The zero-order chi connectivity index (χ0) is 14.7. The molecular weight excluding hydrogens is 318 g/mol. The largest absolute Gasteiger partial charge is 0.369 e. The van der Waals surface area contributed by atoms with Crippen molar-refractivity contribution in [3.8, 4) is 0 Å². The second-order valence-electron chi connectivity index (χ2n) is 5.35. The fourth-order valence-electron chi connectivity index (χ4n) is 2.62. The molecule has 1 aromatic carbocycles. The van der Waals surface area contributed by atoms with Gasteiger partial charge in [-0.25, -0.2) is 0 Å². The maximum absolute atomic E-state index is 11.1. The highest BCUT2D eigenvalue weighted by atomic mass is 79.9. The predicted octanol–water partition coefficient (Wildman–Crippen LogP) is 2.44. The maximum atomic E-state index is 11.1. The van der Waals surface area contributed by atoms with E-state index in [4.69, 9.17) is 0 Å². The van der Waals surface area contributed by atoms with E-state index in [9.17, 15) is 4.79 Å². The molecule has 4 nitrogen and oxygen atoms in total. The summed E-state index contributed by atoms with van der Waals surface area (Å²) in [5.74, 6) is 0.0521. The van der Waals surface area contributed by atoms with Gasteiger partial charge in [-0.1, -0.05) is 22.0 Å². The molecule has 0 saturated carbocycles. The summed E-state index contributed by atoms with van der Waals surface area (Å²) in [6, 6.07) is 7.07. The molecule has 2 unspecified atom stereocenters. The van der Waals surface area contributed by atoms with Crippen LogP contribution in [0.4, 0.5) is 5.69 Å². The number of rotatable bonds is 4. The molecule has 1 aliphatic rings. The van der Waals surface area contributed by atoms with Gasteiger partial charge in [-0.3, -0.25) is 4.79 Å². The number of hydrogen-bond donors (Lipinski definition) is 2. The minimum atomic E-state index is 0.0521. The molecule has 2 N–H and O–H groups in total. The van der Waals surface area contributed by atoms with Crippen LogP contribution in [0.5, 0.6) is 0 Å². The second kappa shape index (κ2) is 6.59. The summed E-state index contributed by atoms with van der Waals surface area (Å²) in [6.07, 6.45) is 1.01. The quantitative estimate of drug-likeness (QED) is 0.885. The van der Waals surface area contributed by atoms with E-state index in [0.717, 1.165) is 24.0 Å². The third-order valence-electron chi connectivity index (χ3n) is 3.84. The minimum Gasteiger partial charge on any atom is -0.369 e. The average molecular weight is 340 g/mol. The summed E-state index contributed by atoms with van der Waals surface area (Å²) in [7, 11) is 1.96. The van der Waals surface area contributed by atoms with Gasteiger partial charge in [0.05, 0.1) is 0 Å². The van der Waals surface area contributed by atoms with Gasteiger partial charge in [0.1, 0.15) is 0 Å². The Hall–Kier alpha value is -1.07. The standard InChI is InChI=1S/C15H22BrN3O/c1-10(17-3)14-5-4-13(8-15(14)16)19-7-6-12(9-19)18-11(2)20/h4-5,8,10,12,17H,6-7,9H2,1-3H3,(H,18,20). The summed E-state index contributed by atoms with van der Waals surface area (Å²) in [5.41, 5.74) is 2.46. The average Bonchev–Trinajstić information content (AvgIpc) is 2.85. The molecule has 1 aromatic rings. The number of anilines is 1. The van der Waals surface area contributed by atoms with E-state index in [1.807, 2.05) is 7.05 Å². The highest BCUT2D eigenvalue weighted by Crippen LogP contribution is 2.29. The van der Waals surface area contributed by atoms with E-state index < -0.39 is 0 Å².